The minimum atomic E-state index is -0.877. The zero-order valence-electron chi connectivity index (χ0n) is 14.0. The summed E-state index contributed by atoms with van der Waals surface area (Å²) in [5, 5.41) is 24.5. The van der Waals surface area contributed by atoms with E-state index in [2.05, 4.69) is 22.8 Å². The van der Waals surface area contributed by atoms with E-state index in [4.69, 9.17) is 15.2 Å². The van der Waals surface area contributed by atoms with Crippen LogP contribution in [0.1, 0.15) is 43.4 Å². The molecule has 6 heteroatoms. The normalized spacial score (nSPS) is 23.7. The average Bonchev–Trinajstić information content (AvgIpc) is 2.55. The topological polar surface area (TPSA) is 94.5 Å². The van der Waals surface area contributed by atoms with Gasteiger partial charge in [0.2, 0.25) is 0 Å². The second-order valence-corrected chi connectivity index (χ2v) is 6.98. The average molecular weight is 333 g/mol. The van der Waals surface area contributed by atoms with Gasteiger partial charge in [0.15, 0.2) is 0 Å². The molecule has 2 heterocycles. The van der Waals surface area contributed by atoms with Crippen molar-refractivity contribution in [3.63, 3.8) is 0 Å². The monoisotopic (exact) mass is 333 g/mol. The van der Waals surface area contributed by atoms with Crippen molar-refractivity contribution in [3.8, 4) is 0 Å². The molecule has 0 bridgehead atoms. The third kappa shape index (κ3) is 4.24. The van der Waals surface area contributed by atoms with Gasteiger partial charge in [0.05, 0.1) is 0 Å². The van der Waals surface area contributed by atoms with E-state index >= 15 is 0 Å². The molecule has 0 radical (unpaired) electrons. The molecule has 132 valence electrons. The summed E-state index contributed by atoms with van der Waals surface area (Å²) in [5.74, 6) is 0.815. The van der Waals surface area contributed by atoms with E-state index in [0.29, 0.717) is 5.92 Å². The molecular formula is C18H27N3O3. The van der Waals surface area contributed by atoms with E-state index in [9.17, 15) is 4.79 Å². The summed E-state index contributed by atoms with van der Waals surface area (Å²) >= 11 is 0. The Hall–Kier alpha value is -1.66. The van der Waals surface area contributed by atoms with Crippen molar-refractivity contribution < 1.29 is 15.0 Å². The number of nitrogens with one attached hydrogen (secondary N) is 2. The molecule has 1 aromatic heterocycles. The Morgan fingerprint density at radius 2 is 2.25 bits per heavy atom. The Morgan fingerprint density at radius 1 is 1.42 bits per heavy atom. The van der Waals surface area contributed by atoms with Gasteiger partial charge in [-0.15, -0.1) is 0 Å². The molecule has 0 spiro atoms. The number of nitrogens with zero attached hydrogens (tertiary/aromatic N) is 1. The lowest BCUT2D eigenvalue weighted by atomic mass is 9.77. The molecule has 1 atom stereocenters. The highest BCUT2D eigenvalue weighted by Crippen LogP contribution is 2.32. The van der Waals surface area contributed by atoms with E-state index in [1.165, 1.54) is 12.0 Å². The smallest absolute Gasteiger partial charge is 0.320 e. The van der Waals surface area contributed by atoms with Crippen molar-refractivity contribution in [3.05, 3.63) is 23.4 Å². The fourth-order valence-electron chi connectivity index (χ4n) is 3.66. The molecule has 4 N–H and O–H groups in total. The van der Waals surface area contributed by atoms with Gasteiger partial charge in [-0.3, -0.25) is 4.79 Å². The van der Waals surface area contributed by atoms with Crippen LogP contribution in [0.3, 0.4) is 0 Å². The Bertz CT molecular complexity index is 573. The summed E-state index contributed by atoms with van der Waals surface area (Å²) in [6.07, 6.45) is 6.66. The lowest BCUT2D eigenvalue weighted by Gasteiger charge is -2.37. The first-order valence-corrected chi connectivity index (χ1v) is 8.98. The lowest BCUT2D eigenvalue weighted by molar-refractivity contribution is -0.140. The minimum Gasteiger partial charge on any atom is -0.480 e. The van der Waals surface area contributed by atoms with Crippen LogP contribution in [0.25, 0.3) is 0 Å². The predicted molar refractivity (Wildman–Crippen MR) is 92.1 cm³/mol. The second-order valence-electron chi connectivity index (χ2n) is 6.98. The summed E-state index contributed by atoms with van der Waals surface area (Å²) in [4.78, 5) is 15.8. The maximum Gasteiger partial charge on any atom is 0.320 e. The van der Waals surface area contributed by atoms with E-state index in [-0.39, 0.29) is 19.1 Å². The predicted octanol–water partition coefficient (Wildman–Crippen LogP) is 1.58. The fourth-order valence-corrected chi connectivity index (χ4v) is 3.66. The van der Waals surface area contributed by atoms with Crippen LogP contribution in [0.15, 0.2) is 12.1 Å². The molecular weight excluding hydrogens is 306 g/mol. The number of aryl methyl sites for hydroxylation is 2. The van der Waals surface area contributed by atoms with Crippen molar-refractivity contribution in [2.45, 2.75) is 57.0 Å². The number of carbonyl (C=O) groups is 1. The second kappa shape index (κ2) is 7.94. The minimum absolute atomic E-state index is 0.0991. The first-order valence-electron chi connectivity index (χ1n) is 8.98. The Morgan fingerprint density at radius 3 is 3.00 bits per heavy atom. The molecule has 6 nitrogen and oxygen atoms in total. The molecule has 1 aliphatic heterocycles. The number of hydrogen-bond acceptors (Lipinski definition) is 5. The molecule has 1 aliphatic carbocycles. The van der Waals surface area contributed by atoms with Crippen molar-refractivity contribution in [2.24, 2.45) is 5.92 Å². The number of fused-ring (bicyclic) bond motifs is 1. The summed E-state index contributed by atoms with van der Waals surface area (Å²) in [6, 6.07) is 3.97. The number of aromatic nitrogens is 1. The Balaban J connectivity index is 1.41. The van der Waals surface area contributed by atoms with Gasteiger partial charge >= 0.3 is 5.97 Å². The molecule has 2 aliphatic rings. The van der Waals surface area contributed by atoms with Crippen molar-refractivity contribution in [1.82, 2.24) is 10.3 Å². The largest absolute Gasteiger partial charge is 0.480 e. The van der Waals surface area contributed by atoms with Gasteiger partial charge in [-0.05, 0) is 62.5 Å². The highest BCUT2D eigenvalue weighted by atomic mass is 16.4. The Labute approximate surface area is 142 Å². The highest BCUT2D eigenvalue weighted by Gasteiger charge is 2.32. The van der Waals surface area contributed by atoms with Crippen LogP contribution in [0.2, 0.25) is 0 Å². The van der Waals surface area contributed by atoms with Crippen LogP contribution in [0, 0.1) is 5.92 Å². The van der Waals surface area contributed by atoms with Crippen molar-refractivity contribution in [1.29, 1.82) is 0 Å². The molecule has 3 rings (SSSR count). The summed E-state index contributed by atoms with van der Waals surface area (Å²) in [7, 11) is 0. The van der Waals surface area contributed by atoms with Gasteiger partial charge in [0.1, 0.15) is 11.9 Å². The molecule has 0 amide bonds. The third-order valence-electron chi connectivity index (χ3n) is 5.15. The van der Waals surface area contributed by atoms with Gasteiger partial charge in [0, 0.05) is 24.9 Å². The standard InChI is InChI=1S/C18H27N3O3/c22-9-7-16(18(23)24)20-15-10-12(11-15)3-5-14-6-4-13-2-1-8-19-17(13)21-14/h4,6,12,15-16,20,22H,1-3,5,7-11H2,(H,19,21)(H,23,24)/t12?,15?,16-/m0/s1. The number of aliphatic hydroxyl groups is 1. The number of carboxylic acids is 1. The van der Waals surface area contributed by atoms with Crippen LogP contribution < -0.4 is 10.6 Å². The third-order valence-corrected chi connectivity index (χ3v) is 5.15. The lowest BCUT2D eigenvalue weighted by Crippen LogP contribution is -2.49. The van der Waals surface area contributed by atoms with Crippen molar-refractivity contribution >= 4 is 11.8 Å². The van der Waals surface area contributed by atoms with Gasteiger partial charge in [-0.25, -0.2) is 4.98 Å². The van der Waals surface area contributed by atoms with Gasteiger partial charge in [-0.1, -0.05) is 6.07 Å². The van der Waals surface area contributed by atoms with E-state index in [1.807, 2.05) is 0 Å². The quantitative estimate of drug-likeness (QED) is 0.577. The van der Waals surface area contributed by atoms with Crippen LogP contribution in [0.5, 0.6) is 0 Å². The van der Waals surface area contributed by atoms with Crippen LogP contribution >= 0.6 is 0 Å². The summed E-state index contributed by atoms with van der Waals surface area (Å²) < 4.78 is 0. The van der Waals surface area contributed by atoms with Gasteiger partial charge < -0.3 is 20.8 Å². The molecule has 0 unspecified atom stereocenters. The van der Waals surface area contributed by atoms with Crippen LogP contribution in [0.4, 0.5) is 5.82 Å². The molecule has 1 saturated carbocycles. The van der Waals surface area contributed by atoms with Crippen LogP contribution in [-0.4, -0.2) is 46.4 Å². The molecule has 1 fully saturated rings. The van der Waals surface area contributed by atoms with Crippen LogP contribution in [-0.2, 0) is 17.6 Å². The maximum absolute atomic E-state index is 11.1. The zero-order valence-corrected chi connectivity index (χ0v) is 14.0. The van der Waals surface area contributed by atoms with E-state index in [0.717, 1.165) is 50.2 Å². The Kier molecular flexibility index (Phi) is 5.68. The van der Waals surface area contributed by atoms with Gasteiger partial charge in [0.25, 0.3) is 0 Å². The van der Waals surface area contributed by atoms with Crippen molar-refractivity contribution in [2.75, 3.05) is 18.5 Å². The number of aliphatic carboxylic acids is 1. The SMILES string of the molecule is O=C(O)[C@H](CCO)NC1CC(CCc2ccc3c(n2)NCCC3)C1. The first kappa shape index (κ1) is 17.2. The number of anilines is 1. The zero-order chi connectivity index (χ0) is 16.9. The highest BCUT2D eigenvalue weighted by molar-refractivity contribution is 5.73. The number of rotatable bonds is 8. The van der Waals surface area contributed by atoms with Gasteiger partial charge in [-0.2, -0.15) is 0 Å². The van der Waals surface area contributed by atoms with E-state index in [1.54, 1.807) is 0 Å². The molecule has 0 saturated heterocycles. The number of pyridine rings is 1. The summed E-state index contributed by atoms with van der Waals surface area (Å²) in [6.45, 7) is 0.913. The summed E-state index contributed by atoms with van der Waals surface area (Å²) in [5.41, 5.74) is 2.46. The fraction of sp³-hybridized carbons (Fsp3) is 0.667. The maximum atomic E-state index is 11.1. The molecule has 1 aromatic rings. The number of aliphatic hydroxyl groups excluding tert-OH is 1. The first-order chi connectivity index (χ1) is 11.7. The molecule has 24 heavy (non-hydrogen) atoms. The molecule has 0 aromatic carbocycles. The number of hydrogen-bond donors (Lipinski definition) is 4. The number of carboxylic acid groups (broad SMARTS) is 1. The van der Waals surface area contributed by atoms with E-state index < -0.39 is 12.0 Å².